The molecule has 0 fully saturated rings. The second-order valence-electron chi connectivity index (χ2n) is 5.03. The van der Waals surface area contributed by atoms with E-state index in [0.29, 0.717) is 0 Å². The van der Waals surface area contributed by atoms with Crippen LogP contribution in [-0.2, 0) is 13.0 Å². The maximum atomic E-state index is 5.12. The van der Waals surface area contributed by atoms with E-state index < -0.39 is 0 Å². The molecule has 1 aliphatic rings. The Hall–Kier alpha value is -2.69. The zero-order chi connectivity index (χ0) is 14.1. The first-order valence-corrected chi connectivity index (χ1v) is 6.93. The maximum absolute atomic E-state index is 5.12. The average molecular weight is 278 g/mol. The summed E-state index contributed by atoms with van der Waals surface area (Å²) in [6.45, 7) is 1.69. The van der Waals surface area contributed by atoms with Crippen LogP contribution in [0, 0.1) is 0 Å². The summed E-state index contributed by atoms with van der Waals surface area (Å²) in [5.74, 6) is 0.753. The molecule has 3 aromatic rings. The number of fused-ring (bicyclic) bond motifs is 1. The van der Waals surface area contributed by atoms with Gasteiger partial charge in [-0.25, -0.2) is 9.97 Å². The Morgan fingerprint density at radius 1 is 1.10 bits per heavy atom. The monoisotopic (exact) mass is 278 g/mol. The molecule has 0 aliphatic carbocycles. The number of aromatic nitrogens is 3. The number of pyridine rings is 1. The van der Waals surface area contributed by atoms with Gasteiger partial charge in [-0.3, -0.25) is 4.98 Å². The van der Waals surface area contributed by atoms with Crippen LogP contribution < -0.4 is 4.90 Å². The first-order chi connectivity index (χ1) is 10.4. The maximum Gasteiger partial charge on any atom is 0.226 e. The lowest BCUT2D eigenvalue weighted by molar-refractivity contribution is 0.568. The van der Waals surface area contributed by atoms with Gasteiger partial charge in [-0.05, 0) is 23.8 Å². The van der Waals surface area contributed by atoms with Gasteiger partial charge in [0.1, 0.15) is 0 Å². The first-order valence-electron chi connectivity index (χ1n) is 6.93. The molecular weight excluding hydrogens is 264 g/mol. The number of rotatable bonds is 2. The molecule has 0 saturated heterocycles. The average Bonchev–Trinajstić information content (AvgIpc) is 3.09. The van der Waals surface area contributed by atoms with Crippen molar-refractivity contribution in [2.45, 2.75) is 13.0 Å². The third-order valence-electron chi connectivity index (χ3n) is 3.71. The fourth-order valence-electron chi connectivity index (χ4n) is 2.61. The van der Waals surface area contributed by atoms with E-state index in [1.54, 1.807) is 18.7 Å². The summed E-state index contributed by atoms with van der Waals surface area (Å²) in [6, 6.07) is 7.90. The van der Waals surface area contributed by atoms with Crippen LogP contribution in [-0.4, -0.2) is 21.5 Å². The molecule has 104 valence electrons. The van der Waals surface area contributed by atoms with E-state index in [-0.39, 0.29) is 0 Å². The molecule has 5 heteroatoms. The largest absolute Gasteiger partial charge is 0.472 e. The Bertz CT molecular complexity index is 754. The predicted octanol–water partition coefficient (Wildman–Crippen LogP) is 2.69. The number of furan rings is 1. The summed E-state index contributed by atoms with van der Waals surface area (Å²) >= 11 is 0. The van der Waals surface area contributed by atoms with Gasteiger partial charge in [0.2, 0.25) is 5.95 Å². The fourth-order valence-corrected chi connectivity index (χ4v) is 2.61. The molecule has 0 amide bonds. The number of hydrogen-bond donors (Lipinski definition) is 0. The van der Waals surface area contributed by atoms with Gasteiger partial charge in [-0.1, -0.05) is 6.07 Å². The minimum atomic E-state index is 0.753. The van der Waals surface area contributed by atoms with Crippen LogP contribution >= 0.6 is 0 Å². The zero-order valence-corrected chi connectivity index (χ0v) is 11.4. The van der Waals surface area contributed by atoms with Crippen molar-refractivity contribution < 1.29 is 4.42 Å². The molecule has 3 aromatic heterocycles. The summed E-state index contributed by atoms with van der Waals surface area (Å²) in [5, 5.41) is 0. The topological polar surface area (TPSA) is 55.1 Å². The van der Waals surface area contributed by atoms with Crippen molar-refractivity contribution in [2.24, 2.45) is 0 Å². The van der Waals surface area contributed by atoms with Gasteiger partial charge < -0.3 is 9.32 Å². The van der Waals surface area contributed by atoms with E-state index in [0.717, 1.165) is 36.7 Å². The van der Waals surface area contributed by atoms with E-state index in [9.17, 15) is 0 Å². The smallest absolute Gasteiger partial charge is 0.226 e. The Balaban J connectivity index is 1.65. The second kappa shape index (κ2) is 5.01. The minimum Gasteiger partial charge on any atom is -0.472 e. The van der Waals surface area contributed by atoms with Crippen molar-refractivity contribution in [3.05, 3.63) is 60.4 Å². The van der Waals surface area contributed by atoms with Crippen LogP contribution in [0.3, 0.4) is 0 Å². The molecule has 0 saturated carbocycles. The summed E-state index contributed by atoms with van der Waals surface area (Å²) in [4.78, 5) is 15.7. The highest BCUT2D eigenvalue weighted by Gasteiger charge is 2.19. The molecular formula is C16H14N4O. The fraction of sp³-hybridized carbons (Fsp3) is 0.188. The van der Waals surface area contributed by atoms with E-state index >= 15 is 0 Å². The van der Waals surface area contributed by atoms with E-state index in [4.69, 9.17) is 4.42 Å². The molecule has 0 unspecified atom stereocenters. The zero-order valence-electron chi connectivity index (χ0n) is 11.4. The number of anilines is 1. The molecule has 0 aromatic carbocycles. The molecule has 5 nitrogen and oxygen atoms in total. The van der Waals surface area contributed by atoms with E-state index in [2.05, 4.69) is 25.9 Å². The highest BCUT2D eigenvalue weighted by molar-refractivity contribution is 5.58. The third kappa shape index (κ3) is 2.27. The molecule has 21 heavy (non-hydrogen) atoms. The number of nitrogens with zero attached hydrogens (tertiary/aromatic N) is 4. The Kier molecular flexibility index (Phi) is 2.88. The minimum absolute atomic E-state index is 0.753. The van der Waals surface area contributed by atoms with Crippen LogP contribution in [0.1, 0.15) is 11.3 Å². The number of hydrogen-bond acceptors (Lipinski definition) is 5. The summed E-state index contributed by atoms with van der Waals surface area (Å²) in [5.41, 5.74) is 4.28. The first kappa shape index (κ1) is 12.1. The normalized spacial score (nSPS) is 14.0. The Labute approximate surface area is 122 Å². The van der Waals surface area contributed by atoms with Gasteiger partial charge in [0.25, 0.3) is 0 Å². The van der Waals surface area contributed by atoms with Gasteiger partial charge in [-0.15, -0.1) is 0 Å². The molecule has 0 bridgehead atoms. The SMILES string of the molecule is c1cnc2c(c1)CN(c1nccc(-c3ccoc3)n1)CC2. The Morgan fingerprint density at radius 2 is 2.10 bits per heavy atom. The van der Waals surface area contributed by atoms with Gasteiger partial charge >= 0.3 is 0 Å². The van der Waals surface area contributed by atoms with Crippen LogP contribution in [0.15, 0.2) is 53.6 Å². The van der Waals surface area contributed by atoms with Crippen LogP contribution in [0.5, 0.6) is 0 Å². The van der Waals surface area contributed by atoms with Crippen molar-refractivity contribution in [2.75, 3.05) is 11.4 Å². The molecule has 4 rings (SSSR count). The Morgan fingerprint density at radius 3 is 3.00 bits per heavy atom. The van der Waals surface area contributed by atoms with Crippen molar-refractivity contribution in [3.8, 4) is 11.3 Å². The van der Waals surface area contributed by atoms with Crippen LogP contribution in [0.2, 0.25) is 0 Å². The van der Waals surface area contributed by atoms with Crippen molar-refractivity contribution >= 4 is 5.95 Å². The van der Waals surface area contributed by atoms with Crippen molar-refractivity contribution in [3.63, 3.8) is 0 Å². The molecule has 0 atom stereocenters. The molecule has 1 aliphatic heterocycles. The molecule has 0 radical (unpaired) electrons. The highest BCUT2D eigenvalue weighted by Crippen LogP contribution is 2.23. The van der Waals surface area contributed by atoms with Gasteiger partial charge in [0, 0.05) is 43.2 Å². The third-order valence-corrected chi connectivity index (χ3v) is 3.71. The van der Waals surface area contributed by atoms with E-state index in [1.165, 1.54) is 11.3 Å². The molecule has 0 N–H and O–H groups in total. The van der Waals surface area contributed by atoms with Gasteiger partial charge in [-0.2, -0.15) is 0 Å². The van der Waals surface area contributed by atoms with Crippen LogP contribution in [0.4, 0.5) is 5.95 Å². The van der Waals surface area contributed by atoms with Crippen molar-refractivity contribution in [1.29, 1.82) is 0 Å². The van der Waals surface area contributed by atoms with Gasteiger partial charge in [0.15, 0.2) is 0 Å². The van der Waals surface area contributed by atoms with Crippen LogP contribution in [0.25, 0.3) is 11.3 Å². The standard InChI is InChI=1S/C16H14N4O/c1-2-12-10-20(8-4-14(12)17-6-1)16-18-7-3-15(19-16)13-5-9-21-11-13/h1-3,5-7,9,11H,4,8,10H2. The molecule has 4 heterocycles. The predicted molar refractivity (Wildman–Crippen MR) is 78.7 cm³/mol. The quantitative estimate of drug-likeness (QED) is 0.721. The second-order valence-corrected chi connectivity index (χ2v) is 5.03. The lowest BCUT2D eigenvalue weighted by Gasteiger charge is -2.28. The summed E-state index contributed by atoms with van der Waals surface area (Å²) < 4.78 is 5.12. The summed E-state index contributed by atoms with van der Waals surface area (Å²) in [7, 11) is 0. The van der Waals surface area contributed by atoms with Crippen molar-refractivity contribution in [1.82, 2.24) is 15.0 Å². The lowest BCUT2D eigenvalue weighted by Crippen LogP contribution is -2.32. The van der Waals surface area contributed by atoms with E-state index in [1.807, 2.05) is 24.4 Å². The summed E-state index contributed by atoms with van der Waals surface area (Å²) in [6.07, 6.45) is 7.92. The van der Waals surface area contributed by atoms with Gasteiger partial charge in [0.05, 0.1) is 18.2 Å². The lowest BCUT2D eigenvalue weighted by atomic mass is 10.1. The highest BCUT2D eigenvalue weighted by atomic mass is 16.3. The molecule has 0 spiro atoms.